The van der Waals surface area contributed by atoms with Crippen molar-refractivity contribution in [3.63, 3.8) is 0 Å². The van der Waals surface area contributed by atoms with Gasteiger partial charge in [0.1, 0.15) is 0 Å². The fourth-order valence-electron chi connectivity index (χ4n) is 1.29. The monoisotopic (exact) mass is 270 g/mol. The van der Waals surface area contributed by atoms with Gasteiger partial charge in [-0.3, -0.25) is 0 Å². The Morgan fingerprint density at radius 2 is 1.00 bits per heavy atom. The van der Waals surface area contributed by atoms with Gasteiger partial charge in [0.15, 0.2) is 0 Å². The Kier molecular flexibility index (Phi) is 3.09. The molecule has 0 aromatic heterocycles. The van der Waals surface area contributed by atoms with E-state index in [-0.39, 0.29) is 1.43 Å². The third kappa shape index (κ3) is 2.63. The molecule has 13 heavy (non-hydrogen) atoms. The quantitative estimate of drug-likeness (QED) is 0.775. The number of hydrogen-bond donors (Lipinski definition) is 0. The number of hydrogen-bond acceptors (Lipinski definition) is 0. The molecule has 0 amide bonds. The standard InChI is InChI=1S/2C6H5.In.H/c2*1-2-4-6-5-3-1;;/h2*1-5H;;/q;;+1;-1. The van der Waals surface area contributed by atoms with Gasteiger partial charge in [-0.25, -0.2) is 0 Å². The van der Waals surface area contributed by atoms with Gasteiger partial charge >= 0.3 is 90.2 Å². The van der Waals surface area contributed by atoms with Crippen LogP contribution in [0.1, 0.15) is 1.43 Å². The second-order valence-corrected chi connectivity index (χ2v) is 7.60. The van der Waals surface area contributed by atoms with Crippen LogP contribution in [0.5, 0.6) is 0 Å². The predicted molar refractivity (Wildman–Crippen MR) is 59.0 cm³/mol. The Hall–Kier alpha value is -0.690. The molecule has 0 atom stereocenters. The zero-order valence-corrected chi connectivity index (χ0v) is 10.6. The van der Waals surface area contributed by atoms with Crippen molar-refractivity contribution in [3.05, 3.63) is 60.7 Å². The van der Waals surface area contributed by atoms with Crippen molar-refractivity contribution in [2.24, 2.45) is 0 Å². The summed E-state index contributed by atoms with van der Waals surface area (Å²) in [5.41, 5.74) is 0. The van der Waals surface area contributed by atoms with E-state index in [1.54, 1.807) is 6.64 Å². The zero-order chi connectivity index (χ0) is 8.93. The molecule has 0 aliphatic rings. The predicted octanol–water partition coefficient (Wildman–Crippen LogP) is 1.45. The normalized spacial score (nSPS) is 9.23. The van der Waals surface area contributed by atoms with Crippen LogP contribution in [0.25, 0.3) is 0 Å². The summed E-state index contributed by atoms with van der Waals surface area (Å²) in [5, 5.41) is 0. The zero-order valence-electron chi connectivity index (χ0n) is 8.35. The fourth-order valence-corrected chi connectivity index (χ4v) is 4.76. The Morgan fingerprint density at radius 1 is 0.615 bits per heavy atom. The van der Waals surface area contributed by atoms with Crippen molar-refractivity contribution in [1.29, 1.82) is 0 Å². The molecule has 1 heteroatoms. The maximum atomic E-state index is 2.24. The fraction of sp³-hybridized carbons (Fsp3) is 0. The summed E-state index contributed by atoms with van der Waals surface area (Å²) < 4.78 is 3.12. The summed E-state index contributed by atoms with van der Waals surface area (Å²) in [7, 11) is 0. The second-order valence-electron chi connectivity index (χ2n) is 2.97. The van der Waals surface area contributed by atoms with E-state index in [0.29, 0.717) is 0 Å². The van der Waals surface area contributed by atoms with Gasteiger partial charge in [0.25, 0.3) is 0 Å². The SMILES string of the molecule is [H-].c1cc[c]([In+][c]2ccccc2)cc1. The van der Waals surface area contributed by atoms with E-state index in [1.165, 1.54) is 0 Å². The van der Waals surface area contributed by atoms with Crippen LogP contribution in [0, 0.1) is 0 Å². The molecule has 62 valence electrons. The molecule has 0 radical (unpaired) electrons. The first kappa shape index (κ1) is 8.89. The first-order valence-corrected chi connectivity index (χ1v) is 7.69. The van der Waals surface area contributed by atoms with E-state index in [1.807, 2.05) is 0 Å². The first-order valence-electron chi connectivity index (χ1n) is 4.40. The maximum absolute atomic E-state index is 2.24. The summed E-state index contributed by atoms with van der Waals surface area (Å²) in [6.45, 7) is 0. The third-order valence-electron chi connectivity index (χ3n) is 1.93. The molecule has 0 N–H and O–H groups in total. The van der Waals surface area contributed by atoms with Gasteiger partial charge in [-0.15, -0.1) is 0 Å². The minimum atomic E-state index is -0.699. The van der Waals surface area contributed by atoms with Gasteiger partial charge in [0.05, 0.1) is 0 Å². The van der Waals surface area contributed by atoms with E-state index in [2.05, 4.69) is 60.7 Å². The molecule has 0 nitrogen and oxygen atoms in total. The van der Waals surface area contributed by atoms with Crippen molar-refractivity contribution in [2.75, 3.05) is 0 Å². The average Bonchev–Trinajstić information content (AvgIpc) is 2.21. The first-order chi connectivity index (χ1) is 6.45. The van der Waals surface area contributed by atoms with Crippen LogP contribution < -0.4 is 6.64 Å². The summed E-state index contributed by atoms with van der Waals surface area (Å²) in [6.07, 6.45) is 0. The van der Waals surface area contributed by atoms with E-state index in [9.17, 15) is 0 Å². The van der Waals surface area contributed by atoms with Crippen molar-refractivity contribution in [3.8, 4) is 0 Å². The second kappa shape index (κ2) is 4.52. The van der Waals surface area contributed by atoms with E-state index >= 15 is 0 Å². The molecule has 0 spiro atoms. The Morgan fingerprint density at radius 3 is 1.38 bits per heavy atom. The number of rotatable bonds is 2. The molecule has 2 rings (SSSR count). The van der Waals surface area contributed by atoms with Crippen LogP contribution in [0.2, 0.25) is 0 Å². The molecule has 0 unspecified atom stereocenters. The molecule has 2 aromatic carbocycles. The van der Waals surface area contributed by atoms with Crippen molar-refractivity contribution < 1.29 is 1.43 Å². The van der Waals surface area contributed by atoms with Gasteiger partial charge in [0, 0.05) is 0 Å². The molecule has 0 saturated carbocycles. The van der Waals surface area contributed by atoms with Crippen molar-refractivity contribution in [2.45, 2.75) is 0 Å². The molecule has 0 saturated heterocycles. The van der Waals surface area contributed by atoms with Gasteiger partial charge in [0.2, 0.25) is 0 Å². The van der Waals surface area contributed by atoms with Gasteiger partial charge in [-0.2, -0.15) is 0 Å². The van der Waals surface area contributed by atoms with E-state index in [4.69, 9.17) is 0 Å². The summed E-state index contributed by atoms with van der Waals surface area (Å²) in [6, 6.07) is 21.7. The van der Waals surface area contributed by atoms with Crippen molar-refractivity contribution >= 4 is 29.5 Å². The molecular formula is C12H11In. The van der Waals surface area contributed by atoms with E-state index in [0.717, 1.165) is 0 Å². The third-order valence-corrected chi connectivity index (χ3v) is 6.03. The molecular weight excluding hydrogens is 259 g/mol. The van der Waals surface area contributed by atoms with Crippen LogP contribution >= 0.6 is 0 Å². The van der Waals surface area contributed by atoms with Gasteiger partial charge < -0.3 is 1.43 Å². The molecule has 0 fully saturated rings. The van der Waals surface area contributed by atoms with Crippen LogP contribution in [0.15, 0.2) is 60.7 Å². The number of benzene rings is 2. The van der Waals surface area contributed by atoms with Gasteiger partial charge in [-0.05, 0) is 0 Å². The Labute approximate surface area is 91.5 Å². The van der Waals surface area contributed by atoms with Crippen LogP contribution in [0.3, 0.4) is 0 Å². The molecule has 0 aliphatic heterocycles. The molecule has 0 bridgehead atoms. The summed E-state index contributed by atoms with van der Waals surface area (Å²) in [5.74, 6) is 0. The van der Waals surface area contributed by atoms with Gasteiger partial charge in [-0.1, -0.05) is 0 Å². The minimum absolute atomic E-state index is 0. The molecule has 0 aliphatic carbocycles. The van der Waals surface area contributed by atoms with Crippen LogP contribution in [-0.2, 0) is 0 Å². The Balaban J connectivity index is 0.000000980. The van der Waals surface area contributed by atoms with Crippen LogP contribution in [-0.4, -0.2) is 22.9 Å². The summed E-state index contributed by atoms with van der Waals surface area (Å²) >= 11 is -0.699. The molecule has 2 aromatic rings. The van der Waals surface area contributed by atoms with E-state index < -0.39 is 22.9 Å². The summed E-state index contributed by atoms with van der Waals surface area (Å²) in [4.78, 5) is 0. The molecule has 0 heterocycles. The van der Waals surface area contributed by atoms with Crippen LogP contribution in [0.4, 0.5) is 0 Å². The average molecular weight is 270 g/mol. The topological polar surface area (TPSA) is 0 Å². The Bertz CT molecular complexity index is 321. The van der Waals surface area contributed by atoms with Crippen molar-refractivity contribution in [1.82, 2.24) is 0 Å².